The Morgan fingerprint density at radius 2 is 1.65 bits per heavy atom. The van der Waals surface area contributed by atoms with Crippen LogP contribution in [0.15, 0.2) is 35.9 Å². The summed E-state index contributed by atoms with van der Waals surface area (Å²) in [4.78, 5) is 35.8. The number of ether oxygens (including phenoxy) is 2. The molecule has 0 aliphatic heterocycles. The highest BCUT2D eigenvalue weighted by molar-refractivity contribution is 6.01. The zero-order chi connectivity index (χ0) is 17.2. The first-order valence-electron chi connectivity index (χ1n) is 7.59. The van der Waals surface area contributed by atoms with Crippen LogP contribution in [-0.2, 0) is 23.9 Å². The van der Waals surface area contributed by atoms with E-state index in [0.717, 1.165) is 5.56 Å². The lowest BCUT2D eigenvalue weighted by atomic mass is 9.94. The number of carbonyl (C=O) groups is 3. The number of carbonyl (C=O) groups excluding carboxylic acids is 3. The number of ketones is 1. The molecule has 23 heavy (non-hydrogen) atoms. The Balaban J connectivity index is 3.08. The predicted molar refractivity (Wildman–Crippen MR) is 86.5 cm³/mol. The molecule has 1 aromatic rings. The molecule has 1 atom stereocenters. The lowest BCUT2D eigenvalue weighted by Crippen LogP contribution is -2.26. The van der Waals surface area contributed by atoms with E-state index in [4.69, 9.17) is 9.47 Å². The molecule has 0 saturated heterocycles. The van der Waals surface area contributed by atoms with E-state index in [1.54, 1.807) is 19.9 Å². The lowest BCUT2D eigenvalue weighted by Gasteiger charge is -2.14. The average molecular weight is 318 g/mol. The van der Waals surface area contributed by atoms with Gasteiger partial charge in [-0.3, -0.25) is 9.59 Å². The van der Waals surface area contributed by atoms with Crippen molar-refractivity contribution < 1.29 is 23.9 Å². The van der Waals surface area contributed by atoms with Crippen molar-refractivity contribution >= 4 is 23.8 Å². The molecule has 0 aromatic heterocycles. The monoisotopic (exact) mass is 318 g/mol. The lowest BCUT2D eigenvalue weighted by molar-refractivity contribution is -0.151. The van der Waals surface area contributed by atoms with Crippen LogP contribution in [0.3, 0.4) is 0 Å². The van der Waals surface area contributed by atoms with Crippen LogP contribution in [0, 0.1) is 5.92 Å². The molecule has 1 unspecified atom stereocenters. The minimum Gasteiger partial charge on any atom is -0.465 e. The third-order valence-electron chi connectivity index (χ3n) is 3.16. The van der Waals surface area contributed by atoms with Gasteiger partial charge in [-0.25, -0.2) is 4.79 Å². The highest BCUT2D eigenvalue weighted by atomic mass is 16.5. The Labute approximate surface area is 136 Å². The minimum atomic E-state index is -1.01. The van der Waals surface area contributed by atoms with Gasteiger partial charge in [-0.2, -0.15) is 0 Å². The van der Waals surface area contributed by atoms with Crippen molar-refractivity contribution in [3.05, 3.63) is 41.5 Å². The van der Waals surface area contributed by atoms with Crippen LogP contribution in [0.5, 0.6) is 0 Å². The first-order valence-corrected chi connectivity index (χ1v) is 7.59. The van der Waals surface area contributed by atoms with Gasteiger partial charge in [0.2, 0.25) is 0 Å². The molecule has 124 valence electrons. The van der Waals surface area contributed by atoms with Gasteiger partial charge in [0.05, 0.1) is 13.2 Å². The Bertz CT molecular complexity index is 574. The average Bonchev–Trinajstić information content (AvgIpc) is 2.52. The van der Waals surface area contributed by atoms with Gasteiger partial charge in [0.1, 0.15) is 11.7 Å². The number of hydrogen-bond acceptors (Lipinski definition) is 5. The third kappa shape index (κ3) is 6.06. The summed E-state index contributed by atoms with van der Waals surface area (Å²) >= 11 is 0. The molecule has 1 rings (SSSR count). The van der Waals surface area contributed by atoms with Crippen LogP contribution in [-0.4, -0.2) is 30.9 Å². The Morgan fingerprint density at radius 1 is 1.04 bits per heavy atom. The maximum absolute atomic E-state index is 12.1. The largest absolute Gasteiger partial charge is 0.465 e. The number of rotatable bonds is 8. The summed E-state index contributed by atoms with van der Waals surface area (Å²) in [5, 5.41) is 0. The van der Waals surface area contributed by atoms with Crippen LogP contribution < -0.4 is 0 Å². The van der Waals surface area contributed by atoms with Gasteiger partial charge >= 0.3 is 11.9 Å². The first-order chi connectivity index (χ1) is 11.0. The van der Waals surface area contributed by atoms with E-state index in [2.05, 4.69) is 0 Å². The molecule has 0 radical (unpaired) electrons. The van der Waals surface area contributed by atoms with Crippen LogP contribution in [0.2, 0.25) is 0 Å². The molecule has 0 saturated carbocycles. The first kappa shape index (κ1) is 18.6. The van der Waals surface area contributed by atoms with E-state index in [-0.39, 0.29) is 31.0 Å². The summed E-state index contributed by atoms with van der Waals surface area (Å²) in [6, 6.07) is 9.18. The van der Waals surface area contributed by atoms with Gasteiger partial charge in [0, 0.05) is 5.57 Å². The molecule has 0 N–H and O–H groups in total. The highest BCUT2D eigenvalue weighted by Gasteiger charge is 2.28. The van der Waals surface area contributed by atoms with Gasteiger partial charge in [0.15, 0.2) is 0 Å². The molecule has 0 fully saturated rings. The van der Waals surface area contributed by atoms with Crippen molar-refractivity contribution in [3.63, 3.8) is 0 Å². The summed E-state index contributed by atoms with van der Waals surface area (Å²) in [6.45, 7) is 5.08. The van der Waals surface area contributed by atoms with Crippen molar-refractivity contribution in [2.45, 2.75) is 27.2 Å². The SMILES string of the molecule is CCOC(=O)C(=Cc1ccccc1)CC(C(C)=O)C(=O)OCC. The normalized spacial score (nSPS) is 12.4. The molecule has 1 aromatic carbocycles. The second-order valence-electron chi connectivity index (χ2n) is 4.92. The molecular weight excluding hydrogens is 296 g/mol. The summed E-state index contributed by atoms with van der Waals surface area (Å²) in [5.74, 6) is -2.50. The summed E-state index contributed by atoms with van der Waals surface area (Å²) in [7, 11) is 0. The summed E-state index contributed by atoms with van der Waals surface area (Å²) in [6.07, 6.45) is 1.59. The van der Waals surface area contributed by atoms with Crippen molar-refractivity contribution in [1.29, 1.82) is 0 Å². The van der Waals surface area contributed by atoms with Crippen LogP contribution in [0.4, 0.5) is 0 Å². The zero-order valence-corrected chi connectivity index (χ0v) is 13.7. The quantitative estimate of drug-likeness (QED) is 0.419. The predicted octanol–water partition coefficient (Wildman–Crippen LogP) is 2.79. The van der Waals surface area contributed by atoms with Gasteiger partial charge in [-0.1, -0.05) is 30.3 Å². The number of benzene rings is 1. The van der Waals surface area contributed by atoms with Gasteiger partial charge in [0.25, 0.3) is 0 Å². The van der Waals surface area contributed by atoms with Crippen LogP contribution in [0.25, 0.3) is 6.08 Å². The third-order valence-corrected chi connectivity index (χ3v) is 3.16. The second kappa shape index (κ2) is 9.56. The molecule has 5 heteroatoms. The maximum Gasteiger partial charge on any atom is 0.334 e. The molecule has 0 spiro atoms. The standard InChI is InChI=1S/C18H22O5/c1-4-22-17(20)15(11-14-9-7-6-8-10-14)12-16(13(3)19)18(21)23-5-2/h6-11,16H,4-5,12H2,1-3H3. The fourth-order valence-corrected chi connectivity index (χ4v) is 2.03. The molecule has 0 bridgehead atoms. The zero-order valence-electron chi connectivity index (χ0n) is 13.7. The van der Waals surface area contributed by atoms with Gasteiger partial charge in [-0.05, 0) is 38.8 Å². The topological polar surface area (TPSA) is 69.7 Å². The van der Waals surface area contributed by atoms with Crippen molar-refractivity contribution in [2.24, 2.45) is 5.92 Å². The maximum atomic E-state index is 12.1. The molecule has 0 heterocycles. The molecule has 0 aliphatic rings. The number of hydrogen-bond donors (Lipinski definition) is 0. The van der Waals surface area contributed by atoms with Gasteiger partial charge in [-0.15, -0.1) is 0 Å². The molecule has 5 nitrogen and oxygen atoms in total. The Hall–Kier alpha value is -2.43. The van der Waals surface area contributed by atoms with E-state index in [9.17, 15) is 14.4 Å². The highest BCUT2D eigenvalue weighted by Crippen LogP contribution is 2.19. The van der Waals surface area contributed by atoms with Crippen molar-refractivity contribution in [1.82, 2.24) is 0 Å². The summed E-state index contributed by atoms with van der Waals surface area (Å²) in [5.41, 5.74) is 1.06. The fraction of sp³-hybridized carbons (Fsp3) is 0.389. The number of esters is 2. The van der Waals surface area contributed by atoms with E-state index in [1.165, 1.54) is 6.92 Å². The van der Waals surface area contributed by atoms with Crippen LogP contribution >= 0.6 is 0 Å². The van der Waals surface area contributed by atoms with Crippen molar-refractivity contribution in [3.8, 4) is 0 Å². The molecule has 0 aliphatic carbocycles. The molecular formula is C18H22O5. The second-order valence-corrected chi connectivity index (χ2v) is 4.92. The number of Topliss-reactive ketones (excluding diaryl/α,β-unsaturated/α-hetero) is 1. The Kier molecular flexibility index (Phi) is 7.74. The molecule has 0 amide bonds. The minimum absolute atomic E-state index is 0.0398. The van der Waals surface area contributed by atoms with E-state index >= 15 is 0 Å². The van der Waals surface area contributed by atoms with Crippen molar-refractivity contribution in [2.75, 3.05) is 13.2 Å². The Morgan fingerprint density at radius 3 is 2.17 bits per heavy atom. The van der Waals surface area contributed by atoms with E-state index < -0.39 is 17.9 Å². The van der Waals surface area contributed by atoms with Crippen LogP contribution in [0.1, 0.15) is 32.8 Å². The fourth-order valence-electron chi connectivity index (χ4n) is 2.03. The van der Waals surface area contributed by atoms with E-state index in [0.29, 0.717) is 0 Å². The summed E-state index contributed by atoms with van der Waals surface area (Å²) < 4.78 is 9.94. The van der Waals surface area contributed by atoms with E-state index in [1.807, 2.05) is 30.3 Å². The smallest absolute Gasteiger partial charge is 0.334 e. The van der Waals surface area contributed by atoms with Gasteiger partial charge < -0.3 is 9.47 Å².